The molecule has 7 nitrogen and oxygen atoms in total. The fraction of sp³-hybridized carbons (Fsp3) is 0.412. The van der Waals surface area contributed by atoms with E-state index in [0.29, 0.717) is 25.6 Å². The van der Waals surface area contributed by atoms with E-state index in [2.05, 4.69) is 10.3 Å². The molecule has 0 saturated carbocycles. The second-order valence-electron chi connectivity index (χ2n) is 5.81. The lowest BCUT2D eigenvalue weighted by Crippen LogP contribution is -2.30. The molecule has 2 aromatic heterocycles. The van der Waals surface area contributed by atoms with Crippen LogP contribution in [0.15, 0.2) is 34.7 Å². The molecular weight excluding hydrogens is 374 g/mol. The Kier molecular flexibility index (Phi) is 5.90. The Bertz CT molecular complexity index is 874. The summed E-state index contributed by atoms with van der Waals surface area (Å²) in [6, 6.07) is 5.08. The van der Waals surface area contributed by atoms with Gasteiger partial charge in [-0.3, -0.25) is 4.79 Å². The monoisotopic (exact) mass is 395 g/mol. The molecule has 0 aliphatic carbocycles. The predicted octanol–water partition coefficient (Wildman–Crippen LogP) is 2.26. The summed E-state index contributed by atoms with van der Waals surface area (Å²) >= 11 is 1.13. The molecule has 0 spiro atoms. The lowest BCUT2D eigenvalue weighted by Gasteiger charge is -2.15. The zero-order valence-corrected chi connectivity index (χ0v) is 16.1. The highest BCUT2D eigenvalue weighted by atomic mass is 32.2. The highest BCUT2D eigenvalue weighted by molar-refractivity contribution is 7.89. The summed E-state index contributed by atoms with van der Waals surface area (Å²) in [5.41, 5.74) is 0.739. The first-order valence-corrected chi connectivity index (χ1v) is 10.8. The minimum Gasteiger partial charge on any atom is -0.478 e. The molecule has 1 saturated heterocycles. The number of nitrogens with one attached hydrogen (secondary N) is 1. The smallest absolute Gasteiger partial charge is 0.263 e. The van der Waals surface area contributed by atoms with Crippen LogP contribution in [0.1, 0.15) is 35.0 Å². The predicted molar refractivity (Wildman–Crippen MR) is 98.9 cm³/mol. The van der Waals surface area contributed by atoms with E-state index in [0.717, 1.165) is 29.7 Å². The van der Waals surface area contributed by atoms with Crippen molar-refractivity contribution in [3.63, 3.8) is 0 Å². The van der Waals surface area contributed by atoms with Crippen LogP contribution in [-0.2, 0) is 16.6 Å². The van der Waals surface area contributed by atoms with Crippen molar-refractivity contribution in [2.75, 3.05) is 19.7 Å². The number of ether oxygens (including phenoxy) is 1. The van der Waals surface area contributed by atoms with Gasteiger partial charge in [-0.15, -0.1) is 11.3 Å². The van der Waals surface area contributed by atoms with E-state index >= 15 is 0 Å². The number of hydrogen-bond donors (Lipinski definition) is 1. The van der Waals surface area contributed by atoms with Gasteiger partial charge >= 0.3 is 0 Å². The Morgan fingerprint density at radius 3 is 2.85 bits per heavy atom. The second-order valence-corrected chi connectivity index (χ2v) is 8.63. The maximum absolute atomic E-state index is 12.8. The van der Waals surface area contributed by atoms with E-state index in [4.69, 9.17) is 4.74 Å². The molecule has 0 atom stereocenters. The van der Waals surface area contributed by atoms with Crippen molar-refractivity contribution in [2.45, 2.75) is 31.2 Å². The summed E-state index contributed by atoms with van der Waals surface area (Å²) in [5.74, 6) is 0.0514. The van der Waals surface area contributed by atoms with Crippen LogP contribution in [0.3, 0.4) is 0 Å². The van der Waals surface area contributed by atoms with Gasteiger partial charge in [-0.25, -0.2) is 13.4 Å². The van der Waals surface area contributed by atoms with Crippen LogP contribution in [0.5, 0.6) is 5.88 Å². The molecule has 2 aromatic rings. The van der Waals surface area contributed by atoms with Gasteiger partial charge in [0.2, 0.25) is 15.9 Å². The SMILES string of the molecule is CCOc1ncccc1CNC(=O)c1sccc1S(=O)(=O)N1CCCC1. The molecular formula is C17H21N3O4S2. The molecule has 26 heavy (non-hydrogen) atoms. The summed E-state index contributed by atoms with van der Waals surface area (Å²) in [5, 5.41) is 4.40. The Morgan fingerprint density at radius 2 is 2.12 bits per heavy atom. The molecule has 3 heterocycles. The zero-order chi connectivity index (χ0) is 18.6. The highest BCUT2D eigenvalue weighted by Gasteiger charge is 2.31. The fourth-order valence-electron chi connectivity index (χ4n) is 2.81. The minimum absolute atomic E-state index is 0.0816. The first kappa shape index (κ1) is 18.8. The van der Waals surface area contributed by atoms with Gasteiger partial charge in [-0.2, -0.15) is 4.31 Å². The lowest BCUT2D eigenvalue weighted by molar-refractivity contribution is 0.0951. The Morgan fingerprint density at radius 1 is 1.35 bits per heavy atom. The molecule has 1 amide bonds. The standard InChI is InChI=1S/C17H21N3O4S2/c1-2-24-17-13(6-5-8-18-17)12-19-16(21)15-14(7-11-25-15)26(22,23)20-9-3-4-10-20/h5-8,11H,2-4,9-10,12H2,1H3,(H,19,21). The summed E-state index contributed by atoms with van der Waals surface area (Å²) in [6.07, 6.45) is 3.33. The van der Waals surface area contributed by atoms with E-state index in [1.807, 2.05) is 13.0 Å². The van der Waals surface area contributed by atoms with E-state index in [9.17, 15) is 13.2 Å². The maximum Gasteiger partial charge on any atom is 0.263 e. The second kappa shape index (κ2) is 8.15. The number of nitrogens with zero attached hydrogens (tertiary/aromatic N) is 2. The van der Waals surface area contributed by atoms with E-state index in [-0.39, 0.29) is 16.3 Å². The molecule has 140 valence electrons. The van der Waals surface area contributed by atoms with Crippen LogP contribution >= 0.6 is 11.3 Å². The lowest BCUT2D eigenvalue weighted by atomic mass is 10.2. The van der Waals surface area contributed by atoms with E-state index < -0.39 is 15.9 Å². The zero-order valence-electron chi connectivity index (χ0n) is 14.5. The first-order valence-electron chi connectivity index (χ1n) is 8.46. The number of carbonyl (C=O) groups excluding carboxylic acids is 1. The van der Waals surface area contributed by atoms with Gasteiger partial charge in [0.05, 0.1) is 6.61 Å². The van der Waals surface area contributed by atoms with Crippen LogP contribution in [0.4, 0.5) is 0 Å². The van der Waals surface area contributed by atoms with Gasteiger partial charge in [-0.05, 0) is 37.3 Å². The summed E-state index contributed by atoms with van der Waals surface area (Å²) in [4.78, 5) is 17.0. The molecule has 0 aromatic carbocycles. The summed E-state index contributed by atoms with van der Waals surface area (Å²) in [7, 11) is -3.62. The third kappa shape index (κ3) is 3.89. The number of sulfonamides is 1. The number of aromatic nitrogens is 1. The molecule has 0 unspecified atom stereocenters. The van der Waals surface area contributed by atoms with Gasteiger partial charge in [0.25, 0.3) is 5.91 Å². The number of rotatable bonds is 7. The van der Waals surface area contributed by atoms with Crippen LogP contribution in [0, 0.1) is 0 Å². The first-order chi connectivity index (χ1) is 12.5. The van der Waals surface area contributed by atoms with Crippen molar-refractivity contribution in [1.82, 2.24) is 14.6 Å². The third-order valence-electron chi connectivity index (χ3n) is 4.09. The molecule has 9 heteroatoms. The van der Waals surface area contributed by atoms with Gasteiger partial charge in [0.1, 0.15) is 9.77 Å². The Labute approximate surface area is 157 Å². The van der Waals surface area contributed by atoms with Gasteiger partial charge in [0.15, 0.2) is 0 Å². The van der Waals surface area contributed by atoms with Crippen molar-refractivity contribution in [3.05, 3.63) is 40.2 Å². The summed E-state index contributed by atoms with van der Waals surface area (Å²) in [6.45, 7) is 3.56. The molecule has 1 N–H and O–H groups in total. The largest absolute Gasteiger partial charge is 0.478 e. The highest BCUT2D eigenvalue weighted by Crippen LogP contribution is 2.27. The Balaban J connectivity index is 1.75. The quantitative estimate of drug-likeness (QED) is 0.777. The minimum atomic E-state index is -3.62. The van der Waals surface area contributed by atoms with E-state index in [1.54, 1.807) is 17.6 Å². The van der Waals surface area contributed by atoms with Crippen LogP contribution in [0.2, 0.25) is 0 Å². The average molecular weight is 396 g/mol. The number of carbonyl (C=O) groups is 1. The molecule has 0 bridgehead atoms. The fourth-order valence-corrected chi connectivity index (χ4v) is 5.65. The third-order valence-corrected chi connectivity index (χ3v) is 7.07. The van der Waals surface area contributed by atoms with Crippen molar-refractivity contribution in [1.29, 1.82) is 0 Å². The molecule has 1 aliphatic heterocycles. The number of hydrogen-bond acceptors (Lipinski definition) is 6. The number of pyridine rings is 1. The van der Waals surface area contributed by atoms with Crippen LogP contribution < -0.4 is 10.1 Å². The van der Waals surface area contributed by atoms with Crippen LogP contribution in [0.25, 0.3) is 0 Å². The summed E-state index contributed by atoms with van der Waals surface area (Å²) < 4.78 is 32.4. The molecule has 1 fully saturated rings. The van der Waals surface area contributed by atoms with Gasteiger partial charge in [0, 0.05) is 31.4 Å². The molecule has 0 radical (unpaired) electrons. The molecule has 3 rings (SSSR count). The van der Waals surface area contributed by atoms with Crippen molar-refractivity contribution in [2.24, 2.45) is 0 Å². The van der Waals surface area contributed by atoms with Crippen molar-refractivity contribution in [3.8, 4) is 5.88 Å². The maximum atomic E-state index is 12.8. The van der Waals surface area contributed by atoms with Crippen molar-refractivity contribution >= 4 is 27.3 Å². The average Bonchev–Trinajstić information content (AvgIpc) is 3.33. The topological polar surface area (TPSA) is 88.6 Å². The van der Waals surface area contributed by atoms with Crippen LogP contribution in [-0.4, -0.2) is 43.3 Å². The van der Waals surface area contributed by atoms with E-state index in [1.165, 1.54) is 10.4 Å². The molecule has 1 aliphatic rings. The Hall–Kier alpha value is -1.97. The normalized spacial score (nSPS) is 15.1. The number of amides is 1. The number of thiophene rings is 1. The van der Waals surface area contributed by atoms with Gasteiger partial charge in [-0.1, -0.05) is 6.07 Å². The van der Waals surface area contributed by atoms with Gasteiger partial charge < -0.3 is 10.1 Å². The van der Waals surface area contributed by atoms with Crippen molar-refractivity contribution < 1.29 is 17.9 Å².